The van der Waals surface area contributed by atoms with Gasteiger partial charge in [-0.05, 0) is 46.6 Å². The van der Waals surface area contributed by atoms with Crippen molar-refractivity contribution in [3.8, 4) is 11.3 Å². The molecule has 0 amide bonds. The molecule has 5 heteroatoms. The van der Waals surface area contributed by atoms with Crippen LogP contribution in [0.1, 0.15) is 5.56 Å². The highest BCUT2D eigenvalue weighted by Gasteiger charge is 2.14. The first kappa shape index (κ1) is 11.2. The third-order valence-corrected chi connectivity index (χ3v) is 3.55. The summed E-state index contributed by atoms with van der Waals surface area (Å²) in [6.07, 6.45) is 5.46. The summed E-state index contributed by atoms with van der Waals surface area (Å²) in [7, 11) is 0. The molecule has 0 saturated heterocycles. The van der Waals surface area contributed by atoms with Gasteiger partial charge in [0, 0.05) is 24.2 Å². The van der Waals surface area contributed by atoms with E-state index in [9.17, 15) is 0 Å². The maximum absolute atomic E-state index is 6.16. The van der Waals surface area contributed by atoms with Crippen molar-refractivity contribution in [1.29, 1.82) is 0 Å². The van der Waals surface area contributed by atoms with Gasteiger partial charge >= 0.3 is 0 Å². The number of fused-ring (bicyclic) bond motifs is 1. The van der Waals surface area contributed by atoms with Gasteiger partial charge in [0.25, 0.3) is 0 Å². The highest BCUT2D eigenvalue weighted by Crippen LogP contribution is 2.30. The molecule has 3 aromatic heterocycles. The summed E-state index contributed by atoms with van der Waals surface area (Å²) in [5.41, 5.74) is 9.82. The molecule has 2 N–H and O–H groups in total. The highest BCUT2D eigenvalue weighted by atomic mass is 79.9. The lowest BCUT2D eigenvalue weighted by Gasteiger charge is -2.02. The van der Waals surface area contributed by atoms with Crippen LogP contribution in [0, 0.1) is 6.92 Å². The number of rotatable bonds is 1. The van der Waals surface area contributed by atoms with Crippen LogP contribution in [0.3, 0.4) is 0 Å². The van der Waals surface area contributed by atoms with Crippen LogP contribution in [0.2, 0.25) is 0 Å². The molecular formula is C13H11BrN4. The number of hydrogen-bond acceptors (Lipinski definition) is 3. The van der Waals surface area contributed by atoms with Gasteiger partial charge in [-0.3, -0.25) is 9.38 Å². The lowest BCUT2D eigenvalue weighted by Crippen LogP contribution is -1.95. The number of nitrogens with zero attached hydrogens (tertiary/aromatic N) is 3. The second-order valence-electron chi connectivity index (χ2n) is 4.09. The Kier molecular flexibility index (Phi) is 2.56. The fourth-order valence-corrected chi connectivity index (χ4v) is 2.40. The first-order valence-electron chi connectivity index (χ1n) is 5.51. The molecule has 0 saturated carbocycles. The summed E-state index contributed by atoms with van der Waals surface area (Å²) >= 11 is 3.48. The molecule has 90 valence electrons. The van der Waals surface area contributed by atoms with Crippen LogP contribution in [0.15, 0.2) is 41.3 Å². The summed E-state index contributed by atoms with van der Waals surface area (Å²) in [6.45, 7) is 2.02. The SMILES string of the molecule is Cc1ccncc1-c1nc2c(Br)cccn2c1N. The maximum Gasteiger partial charge on any atom is 0.153 e. The number of aromatic nitrogens is 3. The zero-order chi connectivity index (χ0) is 12.7. The molecule has 0 spiro atoms. The molecule has 3 rings (SSSR count). The first-order chi connectivity index (χ1) is 8.68. The zero-order valence-corrected chi connectivity index (χ0v) is 11.3. The van der Waals surface area contributed by atoms with Crippen molar-refractivity contribution in [2.45, 2.75) is 6.92 Å². The van der Waals surface area contributed by atoms with E-state index in [1.807, 2.05) is 35.7 Å². The Bertz CT molecular complexity index is 733. The van der Waals surface area contributed by atoms with Gasteiger partial charge in [-0.15, -0.1) is 0 Å². The second-order valence-corrected chi connectivity index (χ2v) is 4.94. The van der Waals surface area contributed by atoms with Crippen LogP contribution in [-0.2, 0) is 0 Å². The normalized spacial score (nSPS) is 11.0. The van der Waals surface area contributed by atoms with Gasteiger partial charge in [-0.2, -0.15) is 0 Å². The minimum absolute atomic E-state index is 0.627. The van der Waals surface area contributed by atoms with Crippen LogP contribution in [0.4, 0.5) is 5.82 Å². The molecule has 18 heavy (non-hydrogen) atoms. The van der Waals surface area contributed by atoms with E-state index in [2.05, 4.69) is 25.9 Å². The molecule has 4 nitrogen and oxygen atoms in total. The third-order valence-electron chi connectivity index (χ3n) is 2.93. The molecule has 0 fully saturated rings. The van der Waals surface area contributed by atoms with Gasteiger partial charge in [0.15, 0.2) is 5.65 Å². The molecule has 3 heterocycles. The molecule has 3 aromatic rings. The summed E-state index contributed by atoms with van der Waals surface area (Å²) in [5.74, 6) is 0.627. The fraction of sp³-hybridized carbons (Fsp3) is 0.0769. The van der Waals surface area contributed by atoms with E-state index in [0.717, 1.165) is 26.9 Å². The monoisotopic (exact) mass is 302 g/mol. The van der Waals surface area contributed by atoms with Crippen molar-refractivity contribution >= 4 is 27.4 Å². The summed E-state index contributed by atoms with van der Waals surface area (Å²) in [5, 5.41) is 0. The minimum atomic E-state index is 0.627. The predicted octanol–water partition coefficient (Wildman–Crippen LogP) is 3.05. The average molecular weight is 303 g/mol. The summed E-state index contributed by atoms with van der Waals surface area (Å²) < 4.78 is 2.79. The van der Waals surface area contributed by atoms with Crippen molar-refractivity contribution in [2.24, 2.45) is 0 Å². The standard InChI is InChI=1S/C13H11BrN4/c1-8-4-5-16-7-9(8)11-12(15)18-6-2-3-10(14)13(18)17-11/h2-7H,15H2,1H3. The van der Waals surface area contributed by atoms with E-state index in [4.69, 9.17) is 5.73 Å². The smallest absolute Gasteiger partial charge is 0.153 e. The van der Waals surface area contributed by atoms with Crippen molar-refractivity contribution in [3.63, 3.8) is 0 Å². The fourth-order valence-electron chi connectivity index (χ4n) is 1.96. The second kappa shape index (κ2) is 4.10. The number of anilines is 1. The van der Waals surface area contributed by atoms with Crippen LogP contribution in [0.25, 0.3) is 16.9 Å². The lowest BCUT2D eigenvalue weighted by molar-refractivity contribution is 1.19. The lowest BCUT2D eigenvalue weighted by atomic mass is 10.1. The van der Waals surface area contributed by atoms with Crippen molar-refractivity contribution < 1.29 is 0 Å². The Labute approximate surface area is 113 Å². The largest absolute Gasteiger partial charge is 0.383 e. The summed E-state index contributed by atoms with van der Waals surface area (Å²) in [4.78, 5) is 8.73. The summed E-state index contributed by atoms with van der Waals surface area (Å²) in [6, 6.07) is 5.82. The molecule has 0 bridgehead atoms. The Balaban J connectivity index is 2.35. The van der Waals surface area contributed by atoms with Crippen molar-refractivity contribution in [2.75, 3.05) is 5.73 Å². The van der Waals surface area contributed by atoms with Crippen molar-refractivity contribution in [1.82, 2.24) is 14.4 Å². The van der Waals surface area contributed by atoms with Crippen LogP contribution >= 0.6 is 15.9 Å². The van der Waals surface area contributed by atoms with E-state index < -0.39 is 0 Å². The number of hydrogen-bond donors (Lipinski definition) is 1. The molecule has 0 aliphatic rings. The Morgan fingerprint density at radius 2 is 2.17 bits per heavy atom. The van der Waals surface area contributed by atoms with Crippen LogP contribution in [0.5, 0.6) is 0 Å². The average Bonchev–Trinajstić information content (AvgIpc) is 2.70. The van der Waals surface area contributed by atoms with Gasteiger partial charge in [-0.1, -0.05) is 0 Å². The number of aryl methyl sites for hydroxylation is 1. The number of halogens is 1. The van der Waals surface area contributed by atoms with Crippen molar-refractivity contribution in [3.05, 3.63) is 46.8 Å². The van der Waals surface area contributed by atoms with E-state index >= 15 is 0 Å². The number of nitrogen functional groups attached to an aromatic ring is 1. The molecule has 0 radical (unpaired) electrons. The first-order valence-corrected chi connectivity index (χ1v) is 6.31. The molecule has 0 aliphatic carbocycles. The van der Waals surface area contributed by atoms with E-state index in [-0.39, 0.29) is 0 Å². The van der Waals surface area contributed by atoms with Gasteiger partial charge in [-0.25, -0.2) is 4.98 Å². The molecule has 0 aliphatic heterocycles. The Morgan fingerprint density at radius 3 is 2.89 bits per heavy atom. The van der Waals surface area contributed by atoms with E-state index in [0.29, 0.717) is 5.82 Å². The molecule has 0 aromatic carbocycles. The van der Waals surface area contributed by atoms with Crippen LogP contribution in [-0.4, -0.2) is 14.4 Å². The Morgan fingerprint density at radius 1 is 1.33 bits per heavy atom. The number of nitrogens with two attached hydrogens (primary N) is 1. The third kappa shape index (κ3) is 1.59. The molecule has 0 unspecified atom stereocenters. The predicted molar refractivity (Wildman–Crippen MR) is 75.3 cm³/mol. The minimum Gasteiger partial charge on any atom is -0.383 e. The van der Waals surface area contributed by atoms with Gasteiger partial charge < -0.3 is 5.73 Å². The van der Waals surface area contributed by atoms with Gasteiger partial charge in [0.2, 0.25) is 0 Å². The molecular weight excluding hydrogens is 292 g/mol. The Hall–Kier alpha value is -1.88. The van der Waals surface area contributed by atoms with Gasteiger partial charge in [0.05, 0.1) is 4.47 Å². The van der Waals surface area contributed by atoms with E-state index in [1.165, 1.54) is 0 Å². The number of pyridine rings is 2. The zero-order valence-electron chi connectivity index (χ0n) is 9.76. The quantitative estimate of drug-likeness (QED) is 0.751. The topological polar surface area (TPSA) is 56.2 Å². The number of imidazole rings is 1. The van der Waals surface area contributed by atoms with Crippen LogP contribution < -0.4 is 5.73 Å². The van der Waals surface area contributed by atoms with Gasteiger partial charge in [0.1, 0.15) is 11.5 Å². The van der Waals surface area contributed by atoms with E-state index in [1.54, 1.807) is 12.4 Å². The maximum atomic E-state index is 6.16. The molecule has 0 atom stereocenters. The highest BCUT2D eigenvalue weighted by molar-refractivity contribution is 9.10.